The number of fused-ring (bicyclic) bond motifs is 4. The van der Waals surface area contributed by atoms with E-state index in [9.17, 15) is 0 Å². The summed E-state index contributed by atoms with van der Waals surface area (Å²) in [4.78, 5) is 25.7. The summed E-state index contributed by atoms with van der Waals surface area (Å²) in [6, 6.07) is 50.1. The van der Waals surface area contributed by atoms with E-state index in [1.54, 1.807) is 0 Å². The van der Waals surface area contributed by atoms with Gasteiger partial charge in [0.2, 0.25) is 0 Å². The summed E-state index contributed by atoms with van der Waals surface area (Å²) in [7, 11) is 4.26. The van der Waals surface area contributed by atoms with Gasteiger partial charge in [0.15, 0.2) is 11.0 Å². The molecule has 1 aliphatic heterocycles. The molecule has 0 fully saturated rings. The molecule has 286 valence electrons. The van der Waals surface area contributed by atoms with Crippen LogP contribution >= 0.6 is 0 Å². The average molecular weight is 768 g/mol. The fourth-order valence-electron chi connectivity index (χ4n) is 8.46. The van der Waals surface area contributed by atoms with E-state index in [2.05, 4.69) is 186 Å². The highest BCUT2D eigenvalue weighted by Gasteiger charge is 2.29. The van der Waals surface area contributed by atoms with Crippen LogP contribution in [0.3, 0.4) is 0 Å². The van der Waals surface area contributed by atoms with Gasteiger partial charge in [0, 0.05) is 54.1 Å². The Morgan fingerprint density at radius 1 is 0.525 bits per heavy atom. The number of hydrogen-bond donors (Lipinski definition) is 0. The van der Waals surface area contributed by atoms with Gasteiger partial charge in [-0.3, -0.25) is 0 Å². The Morgan fingerprint density at radius 2 is 0.949 bits per heavy atom. The number of anilines is 2. The third kappa shape index (κ3) is 6.21. The van der Waals surface area contributed by atoms with Gasteiger partial charge in [-0.05, 0) is 32.1 Å². The number of rotatable bonds is 8. The van der Waals surface area contributed by atoms with Crippen LogP contribution in [-0.2, 0) is 13.6 Å². The number of imidazole rings is 1. The molecule has 4 heterocycles. The van der Waals surface area contributed by atoms with Gasteiger partial charge in [0.1, 0.15) is 5.82 Å². The molecule has 1 aliphatic rings. The van der Waals surface area contributed by atoms with Crippen molar-refractivity contribution in [3.8, 4) is 45.0 Å². The zero-order valence-electron chi connectivity index (χ0n) is 33.6. The van der Waals surface area contributed by atoms with Crippen LogP contribution in [0.2, 0.25) is 0 Å². The number of benzene rings is 6. The lowest BCUT2D eigenvalue weighted by atomic mass is 10.0. The first-order valence-electron chi connectivity index (χ1n) is 20.2. The molecule has 0 amide bonds. The predicted molar refractivity (Wildman–Crippen MR) is 242 cm³/mol. The van der Waals surface area contributed by atoms with E-state index < -0.39 is 0 Å². The van der Waals surface area contributed by atoms with Crippen molar-refractivity contribution in [2.24, 2.45) is 7.05 Å². The highest BCUT2D eigenvalue weighted by Crippen LogP contribution is 2.44. The lowest BCUT2D eigenvalue weighted by molar-refractivity contribution is -0.647. The molecule has 0 radical (unpaired) electrons. The molecule has 59 heavy (non-hydrogen) atoms. The monoisotopic (exact) mass is 767 g/mol. The zero-order valence-corrected chi connectivity index (χ0v) is 33.6. The minimum Gasteiger partial charge on any atom is -0.329 e. The fraction of sp³-hybridized carbons (Fsp3) is 0.118. The SMILES string of the molecule is CCN1C(=CC=Cc2n(CC)c3cc4nc(-c5ccccc5)c(-c5ccccc5)nc4cc3[n+]2C)N(C)c2cc3nc(-c4ccccc4)c(-c4ccccc4)nc3cc21. The molecule has 3 aromatic heterocycles. The van der Waals surface area contributed by atoms with Crippen molar-refractivity contribution in [3.63, 3.8) is 0 Å². The fourth-order valence-corrected chi connectivity index (χ4v) is 8.46. The molecular weight excluding hydrogens is 725 g/mol. The largest absolute Gasteiger partial charge is 0.329 e. The first-order chi connectivity index (χ1) is 29.0. The van der Waals surface area contributed by atoms with Crippen molar-refractivity contribution >= 4 is 50.6 Å². The van der Waals surface area contributed by atoms with Crippen LogP contribution in [0.15, 0.2) is 164 Å². The second kappa shape index (κ2) is 14.8. The van der Waals surface area contributed by atoms with Crippen LogP contribution in [0.1, 0.15) is 19.7 Å². The van der Waals surface area contributed by atoms with Crippen LogP contribution in [0.25, 0.3) is 84.2 Å². The number of allylic oxidation sites excluding steroid dienone is 2. The topological polar surface area (TPSA) is 66.9 Å². The Balaban J connectivity index is 1.04. The minimum atomic E-state index is 0.801. The maximum Gasteiger partial charge on any atom is 0.282 e. The Hall–Kier alpha value is -7.45. The summed E-state index contributed by atoms with van der Waals surface area (Å²) in [5, 5.41) is 0. The summed E-state index contributed by atoms with van der Waals surface area (Å²) in [5.74, 6) is 2.17. The standard InChI is InChI=1S/C51H43N8/c1-5-58-44-32-40-38(52-48(34-20-11-7-12-21-34)50(54-40)36-24-15-9-16-25-36)30-42(44)56(3)46(58)28-19-29-47-57(4)43-31-39-41(33-45(43)59(47)6-2)55-51(37-26-17-10-18-27-37)49(53-39)35-22-13-8-14-23-35/h7-33H,5-6H2,1-4H3/q+1. The molecule has 6 aromatic carbocycles. The highest BCUT2D eigenvalue weighted by molar-refractivity contribution is 5.96. The van der Waals surface area contributed by atoms with Crippen molar-refractivity contribution < 1.29 is 4.57 Å². The van der Waals surface area contributed by atoms with Crippen LogP contribution in [0.4, 0.5) is 11.4 Å². The molecule has 9 aromatic rings. The molecular formula is C51H43N8+. The van der Waals surface area contributed by atoms with Crippen LogP contribution in [0.5, 0.6) is 0 Å². The smallest absolute Gasteiger partial charge is 0.282 e. The third-order valence-electron chi connectivity index (χ3n) is 11.4. The van der Waals surface area contributed by atoms with Crippen molar-refractivity contribution in [3.05, 3.63) is 169 Å². The molecule has 0 bridgehead atoms. The molecule has 0 N–H and O–H groups in total. The summed E-state index contributed by atoms with van der Waals surface area (Å²) < 4.78 is 4.60. The molecule has 0 atom stereocenters. The number of aryl methyl sites for hydroxylation is 2. The van der Waals surface area contributed by atoms with E-state index in [1.807, 2.05) is 24.3 Å². The Morgan fingerprint density at radius 3 is 1.39 bits per heavy atom. The van der Waals surface area contributed by atoms with Crippen molar-refractivity contribution in [1.29, 1.82) is 0 Å². The average Bonchev–Trinajstić information content (AvgIpc) is 3.71. The van der Waals surface area contributed by atoms with Crippen LogP contribution in [-0.4, -0.2) is 38.1 Å². The number of aromatic nitrogens is 6. The molecule has 8 heteroatoms. The van der Waals surface area contributed by atoms with Crippen molar-refractivity contribution in [1.82, 2.24) is 24.5 Å². The molecule has 10 rings (SSSR count). The Bertz CT molecular complexity index is 3080. The lowest BCUT2D eigenvalue weighted by Crippen LogP contribution is -2.31. The molecule has 0 saturated heterocycles. The van der Waals surface area contributed by atoms with E-state index in [1.165, 1.54) is 0 Å². The first-order valence-corrected chi connectivity index (χ1v) is 20.2. The van der Waals surface area contributed by atoms with Crippen LogP contribution < -0.4 is 14.4 Å². The quantitative estimate of drug-likeness (QED) is 0.143. The minimum absolute atomic E-state index is 0.801. The maximum atomic E-state index is 5.27. The van der Waals surface area contributed by atoms with Crippen molar-refractivity contribution in [2.75, 3.05) is 23.4 Å². The van der Waals surface area contributed by atoms with Gasteiger partial charge in [-0.15, -0.1) is 0 Å². The molecule has 0 saturated carbocycles. The summed E-state index contributed by atoms with van der Waals surface area (Å²) in [6.45, 7) is 5.99. The van der Waals surface area contributed by atoms with Gasteiger partial charge in [-0.25, -0.2) is 29.1 Å². The summed E-state index contributed by atoms with van der Waals surface area (Å²) in [5.41, 5.74) is 15.6. The van der Waals surface area contributed by atoms with Gasteiger partial charge in [-0.1, -0.05) is 127 Å². The van der Waals surface area contributed by atoms with Crippen LogP contribution in [0, 0.1) is 0 Å². The predicted octanol–water partition coefficient (Wildman–Crippen LogP) is 10.9. The molecule has 8 nitrogen and oxygen atoms in total. The molecule has 0 unspecified atom stereocenters. The lowest BCUT2D eigenvalue weighted by Gasteiger charge is -2.20. The van der Waals surface area contributed by atoms with E-state index in [4.69, 9.17) is 19.9 Å². The Labute approximate surface area is 343 Å². The second-order valence-corrected chi connectivity index (χ2v) is 14.8. The van der Waals surface area contributed by atoms with Gasteiger partial charge in [0.25, 0.3) is 5.82 Å². The second-order valence-electron chi connectivity index (χ2n) is 14.8. The normalized spacial score (nSPS) is 13.5. The van der Waals surface area contributed by atoms with E-state index in [0.717, 1.165) is 114 Å². The van der Waals surface area contributed by atoms with E-state index in [-0.39, 0.29) is 0 Å². The Kier molecular flexibility index (Phi) is 9.02. The summed E-state index contributed by atoms with van der Waals surface area (Å²) >= 11 is 0. The maximum absolute atomic E-state index is 5.27. The summed E-state index contributed by atoms with van der Waals surface area (Å²) in [6.07, 6.45) is 6.57. The number of nitrogens with zero attached hydrogens (tertiary/aromatic N) is 8. The van der Waals surface area contributed by atoms with E-state index in [0.29, 0.717) is 0 Å². The molecule has 0 aliphatic carbocycles. The van der Waals surface area contributed by atoms with E-state index >= 15 is 0 Å². The first kappa shape index (κ1) is 35.9. The van der Waals surface area contributed by atoms with Gasteiger partial charge < -0.3 is 9.80 Å². The zero-order chi connectivity index (χ0) is 40.0. The molecule has 0 spiro atoms. The van der Waals surface area contributed by atoms with Gasteiger partial charge >= 0.3 is 0 Å². The van der Waals surface area contributed by atoms with Gasteiger partial charge in [0.05, 0.1) is 69.8 Å². The third-order valence-corrected chi connectivity index (χ3v) is 11.4. The number of hydrogen-bond acceptors (Lipinski definition) is 6. The van der Waals surface area contributed by atoms with Gasteiger partial charge in [-0.2, -0.15) is 0 Å². The van der Waals surface area contributed by atoms with Crippen molar-refractivity contribution in [2.45, 2.75) is 20.4 Å². The highest BCUT2D eigenvalue weighted by atomic mass is 15.4.